The van der Waals surface area contributed by atoms with Crippen molar-refractivity contribution in [2.24, 2.45) is 0 Å². The SMILES string of the molecule is C1CO1.CCCCCCCCCCCCCCCCCC(=O)OCC(O)CO.CCCCCCCCCCCCO. The summed E-state index contributed by atoms with van der Waals surface area (Å²) in [6.45, 7) is 6.42. The summed E-state index contributed by atoms with van der Waals surface area (Å²) >= 11 is 0. The van der Waals surface area contributed by atoms with Gasteiger partial charge in [-0.25, -0.2) is 0 Å². The molecule has 1 saturated heterocycles. The number of unbranched alkanes of at least 4 members (excludes halogenated alkanes) is 23. The molecular weight excluding hydrogens is 516 g/mol. The summed E-state index contributed by atoms with van der Waals surface area (Å²) in [4.78, 5) is 11.4. The lowest BCUT2D eigenvalue weighted by Gasteiger charge is -2.08. The Bertz CT molecular complexity index is 459. The van der Waals surface area contributed by atoms with Gasteiger partial charge in [-0.3, -0.25) is 4.79 Å². The minimum Gasteiger partial charge on any atom is -0.463 e. The van der Waals surface area contributed by atoms with E-state index < -0.39 is 6.10 Å². The van der Waals surface area contributed by atoms with Gasteiger partial charge >= 0.3 is 5.97 Å². The number of carbonyl (C=O) groups is 1. The standard InChI is InChI=1S/C21H42O4.C12H26O.C2H4O/c1-2-3-4-5-6-7-8-9-10-11-12-13-14-15-16-17-21(24)25-19-20(23)18-22;1-2-3-4-5-6-7-8-9-10-11-12-13;1-2-3-1/h20,22-23H,2-19H2,1H3;13H,2-12H2,1H3;1-2H2. The van der Waals surface area contributed by atoms with Gasteiger partial charge in [-0.2, -0.15) is 0 Å². The highest BCUT2D eigenvalue weighted by atomic mass is 16.6. The van der Waals surface area contributed by atoms with Crippen LogP contribution in [0.5, 0.6) is 0 Å². The van der Waals surface area contributed by atoms with Crippen LogP contribution in [-0.4, -0.2) is 60.4 Å². The van der Waals surface area contributed by atoms with Crippen molar-refractivity contribution in [1.29, 1.82) is 0 Å². The topological polar surface area (TPSA) is 99.5 Å². The van der Waals surface area contributed by atoms with E-state index >= 15 is 0 Å². The molecule has 1 heterocycles. The fourth-order valence-corrected chi connectivity index (χ4v) is 4.55. The molecule has 3 N–H and O–H groups in total. The molecule has 6 heteroatoms. The van der Waals surface area contributed by atoms with Gasteiger partial charge in [0.15, 0.2) is 0 Å². The second kappa shape index (κ2) is 39.3. The molecule has 1 atom stereocenters. The van der Waals surface area contributed by atoms with Crippen molar-refractivity contribution in [2.45, 2.75) is 187 Å². The number of epoxide rings is 1. The molecule has 0 aromatic carbocycles. The highest BCUT2D eigenvalue weighted by Crippen LogP contribution is 2.14. The van der Waals surface area contributed by atoms with Gasteiger partial charge in [0.05, 0.1) is 19.8 Å². The van der Waals surface area contributed by atoms with Gasteiger partial charge in [-0.05, 0) is 12.8 Å². The van der Waals surface area contributed by atoms with Gasteiger partial charge < -0.3 is 24.8 Å². The van der Waals surface area contributed by atoms with E-state index in [1.165, 1.54) is 141 Å². The van der Waals surface area contributed by atoms with E-state index in [4.69, 9.17) is 20.1 Å². The number of hydrogen-bond donors (Lipinski definition) is 3. The molecule has 1 aliphatic heterocycles. The van der Waals surface area contributed by atoms with Gasteiger partial charge in [0.25, 0.3) is 0 Å². The van der Waals surface area contributed by atoms with Gasteiger partial charge in [0, 0.05) is 13.0 Å². The molecule has 1 rings (SSSR count). The molecule has 0 spiro atoms. The van der Waals surface area contributed by atoms with Crippen molar-refractivity contribution in [2.75, 3.05) is 33.0 Å². The number of ether oxygens (including phenoxy) is 2. The van der Waals surface area contributed by atoms with Crippen LogP contribution in [0.3, 0.4) is 0 Å². The molecule has 0 saturated carbocycles. The number of esters is 1. The lowest BCUT2D eigenvalue weighted by molar-refractivity contribution is -0.147. The van der Waals surface area contributed by atoms with Crippen LogP contribution in [0.15, 0.2) is 0 Å². The first-order valence-corrected chi connectivity index (χ1v) is 17.7. The fraction of sp³-hybridized carbons (Fsp3) is 0.971. The van der Waals surface area contributed by atoms with Gasteiger partial charge in [0.2, 0.25) is 0 Å². The molecular formula is C35H72O6. The number of rotatable bonds is 29. The summed E-state index contributed by atoms with van der Waals surface area (Å²) in [5, 5.41) is 26.3. The summed E-state index contributed by atoms with van der Waals surface area (Å²) in [6, 6.07) is 0. The molecule has 0 aromatic rings. The lowest BCUT2D eigenvalue weighted by Crippen LogP contribution is -2.21. The van der Waals surface area contributed by atoms with E-state index in [9.17, 15) is 4.79 Å². The van der Waals surface area contributed by atoms with Crippen LogP contribution < -0.4 is 0 Å². The number of aliphatic hydroxyl groups excluding tert-OH is 3. The van der Waals surface area contributed by atoms with Crippen LogP contribution in [0.2, 0.25) is 0 Å². The molecule has 6 nitrogen and oxygen atoms in total. The molecule has 1 unspecified atom stereocenters. The van der Waals surface area contributed by atoms with Gasteiger partial charge in [-0.15, -0.1) is 0 Å². The maximum absolute atomic E-state index is 11.4. The van der Waals surface area contributed by atoms with E-state index in [0.29, 0.717) is 13.0 Å². The Balaban J connectivity index is 0. The van der Waals surface area contributed by atoms with Crippen molar-refractivity contribution in [3.63, 3.8) is 0 Å². The number of hydrogen-bond acceptors (Lipinski definition) is 6. The molecule has 0 radical (unpaired) electrons. The van der Waals surface area contributed by atoms with Crippen molar-refractivity contribution in [3.05, 3.63) is 0 Å². The largest absolute Gasteiger partial charge is 0.463 e. The van der Waals surface area contributed by atoms with Gasteiger partial charge in [0.1, 0.15) is 12.7 Å². The van der Waals surface area contributed by atoms with E-state index in [1.807, 2.05) is 0 Å². The van der Waals surface area contributed by atoms with Crippen LogP contribution in [0, 0.1) is 0 Å². The highest BCUT2D eigenvalue weighted by molar-refractivity contribution is 5.69. The zero-order valence-electron chi connectivity index (χ0n) is 27.6. The average Bonchev–Trinajstić information content (AvgIpc) is 3.87. The van der Waals surface area contributed by atoms with Crippen molar-refractivity contribution < 1.29 is 29.6 Å². The van der Waals surface area contributed by atoms with Crippen LogP contribution in [-0.2, 0) is 14.3 Å². The first-order valence-electron chi connectivity index (χ1n) is 17.7. The number of aliphatic hydroxyl groups is 3. The smallest absolute Gasteiger partial charge is 0.305 e. The van der Waals surface area contributed by atoms with Crippen LogP contribution in [0.25, 0.3) is 0 Å². The predicted octanol–water partition coefficient (Wildman–Crippen LogP) is 9.06. The van der Waals surface area contributed by atoms with Crippen LogP contribution >= 0.6 is 0 Å². The molecule has 1 fully saturated rings. The molecule has 1 aliphatic rings. The summed E-state index contributed by atoms with van der Waals surface area (Å²) < 4.78 is 9.36. The third kappa shape index (κ3) is 46.5. The summed E-state index contributed by atoms with van der Waals surface area (Å²) in [5.41, 5.74) is 0. The maximum atomic E-state index is 11.4. The molecule has 248 valence electrons. The average molecular weight is 589 g/mol. The monoisotopic (exact) mass is 589 g/mol. The lowest BCUT2D eigenvalue weighted by atomic mass is 10.0. The molecule has 0 aliphatic carbocycles. The first kappa shape index (κ1) is 42.4. The van der Waals surface area contributed by atoms with E-state index in [1.54, 1.807) is 0 Å². The normalized spacial score (nSPS) is 12.6. The third-order valence-corrected chi connectivity index (χ3v) is 7.35. The third-order valence-electron chi connectivity index (χ3n) is 7.35. The van der Waals surface area contributed by atoms with E-state index in [-0.39, 0.29) is 19.2 Å². The first-order chi connectivity index (χ1) is 20.1. The Labute approximate surface area is 255 Å². The second-order valence-electron chi connectivity index (χ2n) is 11.7. The van der Waals surface area contributed by atoms with Crippen molar-refractivity contribution in [1.82, 2.24) is 0 Å². The van der Waals surface area contributed by atoms with E-state index in [0.717, 1.165) is 32.5 Å². The Morgan fingerprint density at radius 3 is 1.20 bits per heavy atom. The fourth-order valence-electron chi connectivity index (χ4n) is 4.55. The minimum absolute atomic E-state index is 0.103. The zero-order chi connectivity index (χ0) is 30.5. The molecule has 41 heavy (non-hydrogen) atoms. The minimum atomic E-state index is -0.954. The van der Waals surface area contributed by atoms with Crippen LogP contribution in [0.4, 0.5) is 0 Å². The zero-order valence-corrected chi connectivity index (χ0v) is 27.6. The predicted molar refractivity (Wildman–Crippen MR) is 173 cm³/mol. The van der Waals surface area contributed by atoms with E-state index in [2.05, 4.69) is 18.6 Å². The maximum Gasteiger partial charge on any atom is 0.305 e. The van der Waals surface area contributed by atoms with Crippen molar-refractivity contribution in [3.8, 4) is 0 Å². The Morgan fingerprint density at radius 2 is 0.902 bits per heavy atom. The van der Waals surface area contributed by atoms with Crippen molar-refractivity contribution >= 4 is 5.97 Å². The molecule has 0 bridgehead atoms. The Morgan fingerprint density at radius 1 is 0.585 bits per heavy atom. The Kier molecular flexibility index (Phi) is 40.7. The summed E-state index contributed by atoms with van der Waals surface area (Å²) in [6.07, 6.45) is 32.3. The summed E-state index contributed by atoms with van der Waals surface area (Å²) in [5.74, 6) is -0.276. The Hall–Kier alpha value is -0.690. The molecule has 0 amide bonds. The molecule has 0 aromatic heterocycles. The van der Waals surface area contributed by atoms with Crippen LogP contribution in [0.1, 0.15) is 181 Å². The van der Waals surface area contributed by atoms with Gasteiger partial charge in [-0.1, -0.05) is 162 Å². The highest BCUT2D eigenvalue weighted by Gasteiger charge is 2.07. The summed E-state index contributed by atoms with van der Waals surface area (Å²) in [7, 11) is 0. The number of carbonyl (C=O) groups excluding carboxylic acids is 1. The second-order valence-corrected chi connectivity index (χ2v) is 11.7. The quantitative estimate of drug-likeness (QED) is 0.0458.